The smallest absolute Gasteiger partial charge is 0.278 e. The fourth-order valence-corrected chi connectivity index (χ4v) is 3.66. The minimum absolute atomic E-state index is 0.0712. The van der Waals surface area contributed by atoms with Gasteiger partial charge in [-0.2, -0.15) is 23.4 Å². The van der Waals surface area contributed by atoms with Gasteiger partial charge in [0.15, 0.2) is 0 Å². The Hall–Kier alpha value is -3.46. The molecule has 2 aromatic carbocycles. The Morgan fingerprint density at radius 2 is 1.70 bits per heavy atom. The Morgan fingerprint density at radius 3 is 2.47 bits per heavy atom. The van der Waals surface area contributed by atoms with Crippen molar-refractivity contribution in [2.75, 3.05) is 0 Å². The molecule has 5 aromatic rings. The Balaban J connectivity index is 1.87. The lowest BCUT2D eigenvalue weighted by Gasteiger charge is -2.13. The normalized spacial score (nSPS) is 12.2. The van der Waals surface area contributed by atoms with Gasteiger partial charge in [-0.1, -0.05) is 17.7 Å². The van der Waals surface area contributed by atoms with Crippen LogP contribution in [0.2, 0.25) is 5.02 Å². The van der Waals surface area contributed by atoms with Crippen LogP contribution < -0.4 is 0 Å². The first-order valence-corrected chi connectivity index (χ1v) is 9.04. The monoisotopic (exact) mass is 431 g/mol. The first-order chi connectivity index (χ1) is 14.3. The molecule has 150 valence electrons. The Morgan fingerprint density at radius 1 is 0.900 bits per heavy atom. The van der Waals surface area contributed by atoms with Crippen LogP contribution in [-0.4, -0.2) is 25.4 Å². The summed E-state index contributed by atoms with van der Waals surface area (Å²) in [5.41, 5.74) is 1.13. The fourth-order valence-electron chi connectivity index (χ4n) is 3.48. The van der Waals surface area contributed by atoms with E-state index < -0.39 is 17.7 Å². The summed E-state index contributed by atoms with van der Waals surface area (Å²) in [7, 11) is 0. The molecule has 0 saturated heterocycles. The molecule has 30 heavy (non-hydrogen) atoms. The Bertz CT molecular complexity index is 1420. The van der Waals surface area contributed by atoms with Gasteiger partial charge in [0.1, 0.15) is 11.5 Å². The van der Waals surface area contributed by atoms with Gasteiger partial charge in [-0.3, -0.25) is 10.2 Å². The zero-order valence-electron chi connectivity index (χ0n) is 14.9. The van der Waals surface area contributed by atoms with Crippen molar-refractivity contribution < 1.29 is 17.6 Å². The van der Waals surface area contributed by atoms with Crippen molar-refractivity contribution in [3.05, 3.63) is 65.3 Å². The van der Waals surface area contributed by atoms with E-state index in [2.05, 4.69) is 20.3 Å². The van der Waals surface area contributed by atoms with Gasteiger partial charge in [0.25, 0.3) is 0 Å². The summed E-state index contributed by atoms with van der Waals surface area (Å²) < 4.78 is 53.9. The van der Waals surface area contributed by atoms with E-state index in [1.807, 2.05) is 5.10 Å². The van der Waals surface area contributed by atoms with Crippen LogP contribution in [0.25, 0.3) is 44.2 Å². The van der Waals surface area contributed by atoms with Crippen molar-refractivity contribution in [2.45, 2.75) is 6.18 Å². The number of aromatic amines is 2. The molecule has 0 atom stereocenters. The summed E-state index contributed by atoms with van der Waals surface area (Å²) in [6.45, 7) is 0. The summed E-state index contributed by atoms with van der Waals surface area (Å²) >= 11 is 5.96. The van der Waals surface area contributed by atoms with E-state index in [9.17, 15) is 17.6 Å². The van der Waals surface area contributed by atoms with Crippen LogP contribution in [0.4, 0.5) is 17.6 Å². The number of alkyl halides is 3. The number of aromatic nitrogens is 5. The zero-order valence-corrected chi connectivity index (χ0v) is 15.6. The first kappa shape index (κ1) is 18.6. The van der Waals surface area contributed by atoms with Crippen molar-refractivity contribution in [1.82, 2.24) is 25.4 Å². The maximum atomic E-state index is 13.7. The van der Waals surface area contributed by atoms with Crippen LogP contribution in [0.3, 0.4) is 0 Å². The fraction of sp³-hybridized carbons (Fsp3) is 0.0500. The van der Waals surface area contributed by atoms with E-state index in [-0.39, 0.29) is 16.3 Å². The third-order valence-electron chi connectivity index (χ3n) is 4.82. The second-order valence-electron chi connectivity index (χ2n) is 6.63. The van der Waals surface area contributed by atoms with Gasteiger partial charge in [0.2, 0.25) is 0 Å². The van der Waals surface area contributed by atoms with E-state index in [1.54, 1.807) is 18.3 Å². The van der Waals surface area contributed by atoms with Gasteiger partial charge in [-0.15, -0.1) is 0 Å². The molecule has 2 N–H and O–H groups in total. The molecule has 5 nitrogen and oxygen atoms in total. The summed E-state index contributed by atoms with van der Waals surface area (Å²) in [5, 5.41) is 13.7. The maximum absolute atomic E-state index is 13.7. The number of rotatable bonds is 2. The SMILES string of the molecule is Fc1ccc(-c2cc(-c3cn[nH]c3C(F)(F)F)nc3ccc4[nH]ncc4c23)cc1Cl. The molecule has 0 saturated carbocycles. The number of nitrogens with zero attached hydrogens (tertiary/aromatic N) is 3. The van der Waals surface area contributed by atoms with Crippen molar-refractivity contribution >= 4 is 33.4 Å². The molecule has 0 amide bonds. The number of pyridine rings is 1. The van der Waals surface area contributed by atoms with E-state index in [0.29, 0.717) is 22.0 Å². The molecule has 0 aliphatic rings. The van der Waals surface area contributed by atoms with Crippen molar-refractivity contribution in [3.8, 4) is 22.4 Å². The van der Waals surface area contributed by atoms with E-state index >= 15 is 0 Å². The average Bonchev–Trinajstić information content (AvgIpc) is 3.38. The topological polar surface area (TPSA) is 70.2 Å². The van der Waals surface area contributed by atoms with Gasteiger partial charge in [-0.05, 0) is 41.5 Å². The largest absolute Gasteiger partial charge is 0.433 e. The quantitative estimate of drug-likeness (QED) is 0.338. The highest BCUT2D eigenvalue weighted by Gasteiger charge is 2.36. The molecular formula is C20H10ClF4N5. The molecule has 0 spiro atoms. The minimum Gasteiger partial charge on any atom is -0.278 e. The molecule has 0 bridgehead atoms. The number of nitrogens with one attached hydrogen (secondary N) is 2. The van der Waals surface area contributed by atoms with Gasteiger partial charge < -0.3 is 0 Å². The number of hydrogen-bond acceptors (Lipinski definition) is 3. The Labute approximate surface area is 170 Å². The molecule has 5 rings (SSSR count). The first-order valence-electron chi connectivity index (χ1n) is 8.66. The second kappa shape index (κ2) is 6.53. The van der Waals surface area contributed by atoms with Gasteiger partial charge in [0, 0.05) is 10.8 Å². The standard InChI is InChI=1S/C20H10ClF4N5/c21-13-5-9(1-2-14(13)22)10-6-17(12-8-27-30-19(12)20(23,24)25)28-16-4-3-15-11(18(10)16)7-26-29-15/h1-8H,(H,26,29)(H,27,30). The van der Waals surface area contributed by atoms with E-state index in [1.165, 1.54) is 24.3 Å². The van der Waals surface area contributed by atoms with Crippen molar-refractivity contribution in [1.29, 1.82) is 0 Å². The van der Waals surface area contributed by atoms with Crippen molar-refractivity contribution in [2.24, 2.45) is 0 Å². The number of fused-ring (bicyclic) bond motifs is 3. The molecule has 10 heteroatoms. The molecule has 0 unspecified atom stereocenters. The van der Waals surface area contributed by atoms with Gasteiger partial charge in [0.05, 0.1) is 39.7 Å². The lowest BCUT2D eigenvalue weighted by molar-refractivity contribution is -0.140. The van der Waals surface area contributed by atoms with E-state index in [0.717, 1.165) is 17.1 Å². The predicted octanol–water partition coefficient (Wildman–Crippen LogP) is 5.98. The Kier molecular flexibility index (Phi) is 4.04. The third-order valence-corrected chi connectivity index (χ3v) is 5.11. The predicted molar refractivity (Wildman–Crippen MR) is 104 cm³/mol. The van der Waals surface area contributed by atoms with Crippen molar-refractivity contribution in [3.63, 3.8) is 0 Å². The van der Waals surface area contributed by atoms with Crippen LogP contribution in [-0.2, 0) is 6.18 Å². The summed E-state index contributed by atoms with van der Waals surface area (Å²) in [6.07, 6.45) is -1.95. The maximum Gasteiger partial charge on any atom is 0.433 e. The highest BCUT2D eigenvalue weighted by Crippen LogP contribution is 2.40. The highest BCUT2D eigenvalue weighted by molar-refractivity contribution is 6.31. The molecule has 0 radical (unpaired) electrons. The summed E-state index contributed by atoms with van der Waals surface area (Å²) in [6, 6.07) is 9.08. The van der Waals surface area contributed by atoms with Crippen LogP contribution in [0.1, 0.15) is 5.69 Å². The van der Waals surface area contributed by atoms with Crippen LogP contribution in [0, 0.1) is 5.82 Å². The zero-order chi connectivity index (χ0) is 21.0. The van der Waals surface area contributed by atoms with Crippen LogP contribution in [0.5, 0.6) is 0 Å². The minimum atomic E-state index is -4.63. The molecular weight excluding hydrogens is 422 g/mol. The molecule has 0 aliphatic carbocycles. The number of benzene rings is 2. The van der Waals surface area contributed by atoms with Crippen LogP contribution >= 0.6 is 11.6 Å². The molecule has 3 aromatic heterocycles. The summed E-state index contributed by atoms with van der Waals surface area (Å²) in [5.74, 6) is -0.596. The lowest BCUT2D eigenvalue weighted by Crippen LogP contribution is -2.07. The number of H-pyrrole nitrogens is 2. The molecule has 0 aliphatic heterocycles. The van der Waals surface area contributed by atoms with Crippen LogP contribution in [0.15, 0.2) is 48.8 Å². The molecule has 0 fully saturated rings. The van der Waals surface area contributed by atoms with Gasteiger partial charge >= 0.3 is 6.18 Å². The average molecular weight is 432 g/mol. The number of hydrogen-bond donors (Lipinski definition) is 2. The third kappa shape index (κ3) is 2.89. The van der Waals surface area contributed by atoms with E-state index in [4.69, 9.17) is 11.6 Å². The molecule has 3 heterocycles. The second-order valence-corrected chi connectivity index (χ2v) is 7.04. The lowest BCUT2D eigenvalue weighted by atomic mass is 9.96. The number of halogens is 5. The summed E-state index contributed by atoms with van der Waals surface area (Å²) in [4.78, 5) is 4.44. The van der Waals surface area contributed by atoms with Gasteiger partial charge in [-0.25, -0.2) is 9.37 Å². The highest BCUT2D eigenvalue weighted by atomic mass is 35.5.